The molecule has 0 unspecified atom stereocenters. The molecule has 0 radical (unpaired) electrons. The lowest BCUT2D eigenvalue weighted by atomic mass is 10.3. The number of aromatic nitrogens is 2. The summed E-state index contributed by atoms with van der Waals surface area (Å²) in [5.74, 6) is 2.13. The minimum atomic E-state index is 0.392. The topological polar surface area (TPSA) is 60.2 Å². The molecule has 0 aliphatic rings. The second-order valence-corrected chi connectivity index (χ2v) is 5.07. The van der Waals surface area contributed by atoms with Crippen molar-refractivity contribution in [2.24, 2.45) is 0 Å². The molecule has 2 aromatic heterocycles. The van der Waals surface area contributed by atoms with Crippen LogP contribution in [0, 0.1) is 0 Å². The quantitative estimate of drug-likeness (QED) is 0.829. The fourth-order valence-electron chi connectivity index (χ4n) is 1.69. The Balaban J connectivity index is 2.32. The van der Waals surface area contributed by atoms with Crippen molar-refractivity contribution in [1.29, 1.82) is 0 Å². The van der Waals surface area contributed by atoms with E-state index in [1.807, 2.05) is 19.1 Å². The van der Waals surface area contributed by atoms with Gasteiger partial charge in [-0.3, -0.25) is 0 Å². The van der Waals surface area contributed by atoms with Crippen molar-refractivity contribution in [1.82, 2.24) is 9.97 Å². The predicted octanol–water partition coefficient (Wildman–Crippen LogP) is 3.86. The summed E-state index contributed by atoms with van der Waals surface area (Å²) in [5, 5.41) is 3.27. The molecule has 0 amide bonds. The molecular formula is C14H18BrN3O2. The number of ether oxygens (including phenoxy) is 1. The van der Waals surface area contributed by atoms with Crippen LogP contribution in [0.4, 0.5) is 5.82 Å². The number of rotatable bonds is 7. The molecule has 2 heterocycles. The summed E-state index contributed by atoms with van der Waals surface area (Å²) < 4.78 is 11.7. The van der Waals surface area contributed by atoms with E-state index in [9.17, 15) is 0 Å². The van der Waals surface area contributed by atoms with Crippen molar-refractivity contribution >= 4 is 21.7 Å². The van der Waals surface area contributed by atoms with Crippen LogP contribution in [0.3, 0.4) is 0 Å². The normalized spacial score (nSPS) is 10.8. The molecule has 2 aromatic rings. The van der Waals surface area contributed by atoms with E-state index in [-0.39, 0.29) is 0 Å². The number of furan rings is 1. The van der Waals surface area contributed by atoms with Crippen LogP contribution in [-0.2, 0) is 11.3 Å². The maximum Gasteiger partial charge on any atom is 0.166 e. The molecule has 108 valence electrons. The lowest BCUT2D eigenvalue weighted by Crippen LogP contribution is -2.07. The van der Waals surface area contributed by atoms with Gasteiger partial charge in [-0.2, -0.15) is 0 Å². The van der Waals surface area contributed by atoms with Crippen molar-refractivity contribution in [3.63, 3.8) is 0 Å². The van der Waals surface area contributed by atoms with E-state index in [1.165, 1.54) is 0 Å². The van der Waals surface area contributed by atoms with E-state index in [4.69, 9.17) is 9.15 Å². The number of anilines is 1. The zero-order chi connectivity index (χ0) is 14.4. The fraction of sp³-hybridized carbons (Fsp3) is 0.429. The Labute approximate surface area is 126 Å². The highest BCUT2D eigenvalue weighted by atomic mass is 79.9. The Hall–Kier alpha value is -1.40. The number of hydrogen-bond acceptors (Lipinski definition) is 5. The van der Waals surface area contributed by atoms with Crippen LogP contribution in [0.5, 0.6) is 0 Å². The number of nitrogens with one attached hydrogen (secondary N) is 1. The lowest BCUT2D eigenvalue weighted by molar-refractivity contribution is 0.128. The van der Waals surface area contributed by atoms with Crippen molar-refractivity contribution in [3.05, 3.63) is 28.7 Å². The molecule has 6 heteroatoms. The highest BCUT2D eigenvalue weighted by Gasteiger charge is 2.12. The van der Waals surface area contributed by atoms with Crippen molar-refractivity contribution in [2.75, 3.05) is 18.5 Å². The highest BCUT2D eigenvalue weighted by Crippen LogP contribution is 2.29. The van der Waals surface area contributed by atoms with Gasteiger partial charge in [-0.1, -0.05) is 6.92 Å². The fourth-order valence-corrected chi connectivity index (χ4v) is 2.10. The maximum atomic E-state index is 5.46. The van der Waals surface area contributed by atoms with E-state index in [1.54, 1.807) is 6.26 Å². The average Bonchev–Trinajstić information content (AvgIpc) is 2.89. The van der Waals surface area contributed by atoms with Crippen LogP contribution >= 0.6 is 15.9 Å². The maximum absolute atomic E-state index is 5.46. The van der Waals surface area contributed by atoms with E-state index in [0.29, 0.717) is 24.8 Å². The van der Waals surface area contributed by atoms with Gasteiger partial charge in [-0.15, -0.1) is 0 Å². The molecule has 0 fully saturated rings. The molecule has 5 nitrogen and oxygen atoms in total. The van der Waals surface area contributed by atoms with Gasteiger partial charge in [-0.25, -0.2) is 9.97 Å². The molecule has 0 aliphatic carbocycles. The summed E-state index contributed by atoms with van der Waals surface area (Å²) in [6.07, 6.45) is 2.66. The minimum Gasteiger partial charge on any atom is -0.461 e. The summed E-state index contributed by atoms with van der Waals surface area (Å²) in [4.78, 5) is 8.93. The second-order valence-electron chi connectivity index (χ2n) is 4.22. The zero-order valence-corrected chi connectivity index (χ0v) is 13.2. The van der Waals surface area contributed by atoms with Gasteiger partial charge in [-0.05, 0) is 35.3 Å². The molecule has 0 aliphatic heterocycles. The first-order valence-corrected chi connectivity index (χ1v) is 7.46. The van der Waals surface area contributed by atoms with Crippen LogP contribution in [0.1, 0.15) is 26.1 Å². The molecule has 0 spiro atoms. The van der Waals surface area contributed by atoms with Gasteiger partial charge in [0.25, 0.3) is 0 Å². The largest absolute Gasteiger partial charge is 0.461 e. The first-order valence-electron chi connectivity index (χ1n) is 6.67. The van der Waals surface area contributed by atoms with Crippen molar-refractivity contribution in [2.45, 2.75) is 26.9 Å². The first kappa shape index (κ1) is 15.0. The van der Waals surface area contributed by atoms with Crippen LogP contribution < -0.4 is 5.32 Å². The predicted molar refractivity (Wildman–Crippen MR) is 81.5 cm³/mol. The van der Waals surface area contributed by atoms with Crippen LogP contribution in [0.25, 0.3) is 11.5 Å². The molecule has 0 saturated carbocycles. The molecule has 0 saturated heterocycles. The van der Waals surface area contributed by atoms with E-state index in [2.05, 4.69) is 38.1 Å². The molecule has 0 aromatic carbocycles. The summed E-state index contributed by atoms with van der Waals surface area (Å²) in [6.45, 7) is 5.95. The van der Waals surface area contributed by atoms with Crippen molar-refractivity contribution in [3.8, 4) is 11.5 Å². The lowest BCUT2D eigenvalue weighted by Gasteiger charge is -2.09. The molecule has 20 heavy (non-hydrogen) atoms. The Kier molecular flexibility index (Phi) is 5.55. The first-order chi connectivity index (χ1) is 9.74. The van der Waals surface area contributed by atoms with E-state index < -0.39 is 0 Å². The van der Waals surface area contributed by atoms with E-state index in [0.717, 1.165) is 29.0 Å². The number of nitrogens with zero attached hydrogens (tertiary/aromatic N) is 2. The number of hydrogen-bond donors (Lipinski definition) is 1. The Morgan fingerprint density at radius 1 is 1.35 bits per heavy atom. The van der Waals surface area contributed by atoms with Crippen LogP contribution in [-0.4, -0.2) is 23.1 Å². The highest BCUT2D eigenvalue weighted by molar-refractivity contribution is 9.10. The molecule has 0 bridgehead atoms. The second kappa shape index (κ2) is 7.40. The third kappa shape index (κ3) is 3.80. The van der Waals surface area contributed by atoms with Crippen molar-refractivity contribution < 1.29 is 9.15 Å². The average molecular weight is 340 g/mol. The van der Waals surface area contributed by atoms with Gasteiger partial charge in [0.05, 0.1) is 10.7 Å². The third-order valence-electron chi connectivity index (χ3n) is 2.61. The minimum absolute atomic E-state index is 0.392. The summed E-state index contributed by atoms with van der Waals surface area (Å²) in [5.41, 5.74) is 0.741. The van der Waals surface area contributed by atoms with Gasteiger partial charge in [0.15, 0.2) is 11.6 Å². The zero-order valence-electron chi connectivity index (χ0n) is 11.6. The van der Waals surface area contributed by atoms with Crippen LogP contribution in [0.15, 0.2) is 27.3 Å². The molecule has 1 N–H and O–H groups in total. The van der Waals surface area contributed by atoms with Gasteiger partial charge in [0, 0.05) is 19.2 Å². The van der Waals surface area contributed by atoms with Gasteiger partial charge in [0.2, 0.25) is 0 Å². The van der Waals surface area contributed by atoms with Gasteiger partial charge in [0.1, 0.15) is 18.1 Å². The molecule has 0 atom stereocenters. The molecule has 2 rings (SSSR count). The third-order valence-corrected chi connectivity index (χ3v) is 3.24. The Morgan fingerprint density at radius 2 is 2.20 bits per heavy atom. The standard InChI is InChI=1S/C14H18BrN3O2/c1-3-6-16-12-8-11(14-10(15)5-7-20-14)17-13(18-12)9-19-4-2/h5,7-8H,3-4,6,9H2,1-2H3,(H,16,17,18). The van der Waals surface area contributed by atoms with Gasteiger partial charge < -0.3 is 14.5 Å². The Bertz CT molecular complexity index is 531. The number of halogens is 1. The van der Waals surface area contributed by atoms with E-state index >= 15 is 0 Å². The van der Waals surface area contributed by atoms with Gasteiger partial charge >= 0.3 is 0 Å². The SMILES string of the molecule is CCCNc1cc(-c2occc2Br)nc(COCC)n1. The Morgan fingerprint density at radius 3 is 2.85 bits per heavy atom. The summed E-state index contributed by atoms with van der Waals surface area (Å²) >= 11 is 3.45. The summed E-state index contributed by atoms with van der Waals surface area (Å²) in [7, 11) is 0. The smallest absolute Gasteiger partial charge is 0.166 e. The summed E-state index contributed by atoms with van der Waals surface area (Å²) in [6, 6.07) is 3.73. The van der Waals surface area contributed by atoms with Crippen LogP contribution in [0.2, 0.25) is 0 Å². The molecular weight excluding hydrogens is 322 g/mol. The monoisotopic (exact) mass is 339 g/mol.